The van der Waals surface area contributed by atoms with Gasteiger partial charge in [-0.05, 0) is 18.2 Å². The van der Waals surface area contributed by atoms with Crippen LogP contribution in [0.3, 0.4) is 0 Å². The SMILES string of the molecule is Cn1cnnc1CNc1ccc(N)c(C(N)=O)c1. The molecule has 7 heteroatoms. The number of hydrogen-bond acceptors (Lipinski definition) is 5. The van der Waals surface area contributed by atoms with Gasteiger partial charge in [-0.3, -0.25) is 4.79 Å². The number of aromatic nitrogens is 3. The lowest BCUT2D eigenvalue weighted by Crippen LogP contribution is -2.14. The van der Waals surface area contributed by atoms with Crippen LogP contribution < -0.4 is 16.8 Å². The van der Waals surface area contributed by atoms with Gasteiger partial charge in [0.25, 0.3) is 5.91 Å². The van der Waals surface area contributed by atoms with E-state index in [1.165, 1.54) is 0 Å². The van der Waals surface area contributed by atoms with Gasteiger partial charge >= 0.3 is 0 Å². The normalized spacial score (nSPS) is 10.3. The summed E-state index contributed by atoms with van der Waals surface area (Å²) in [4.78, 5) is 11.1. The highest BCUT2D eigenvalue weighted by Gasteiger charge is 2.07. The topological polar surface area (TPSA) is 112 Å². The number of carbonyl (C=O) groups is 1. The van der Waals surface area contributed by atoms with Crippen molar-refractivity contribution in [2.45, 2.75) is 6.54 Å². The van der Waals surface area contributed by atoms with Crippen LogP contribution in [0.2, 0.25) is 0 Å². The molecule has 1 aromatic heterocycles. The molecule has 2 rings (SSSR count). The molecule has 94 valence electrons. The summed E-state index contributed by atoms with van der Waals surface area (Å²) in [5.74, 6) is 0.238. The quantitative estimate of drug-likeness (QED) is 0.663. The zero-order chi connectivity index (χ0) is 13.1. The largest absolute Gasteiger partial charge is 0.398 e. The summed E-state index contributed by atoms with van der Waals surface area (Å²) in [7, 11) is 1.86. The third-order valence-corrected chi connectivity index (χ3v) is 2.57. The Morgan fingerprint density at radius 1 is 1.50 bits per heavy atom. The molecule has 1 amide bonds. The van der Waals surface area contributed by atoms with Crippen LogP contribution in [0.5, 0.6) is 0 Å². The summed E-state index contributed by atoms with van der Waals surface area (Å²) in [5.41, 5.74) is 12.3. The van der Waals surface area contributed by atoms with E-state index in [2.05, 4.69) is 15.5 Å². The van der Waals surface area contributed by atoms with E-state index in [0.29, 0.717) is 17.8 Å². The van der Waals surface area contributed by atoms with Gasteiger partial charge in [-0.25, -0.2) is 0 Å². The van der Waals surface area contributed by atoms with Crippen LogP contribution in [-0.4, -0.2) is 20.7 Å². The molecule has 0 aliphatic rings. The predicted octanol–water partition coefficient (Wildman–Crippen LogP) is 0.108. The van der Waals surface area contributed by atoms with Gasteiger partial charge in [-0.1, -0.05) is 0 Å². The zero-order valence-corrected chi connectivity index (χ0v) is 9.92. The third-order valence-electron chi connectivity index (χ3n) is 2.57. The van der Waals surface area contributed by atoms with Crippen molar-refractivity contribution in [3.8, 4) is 0 Å². The monoisotopic (exact) mass is 246 g/mol. The fourth-order valence-electron chi connectivity index (χ4n) is 1.53. The molecule has 0 fully saturated rings. The molecule has 0 unspecified atom stereocenters. The predicted molar refractivity (Wildman–Crippen MR) is 67.7 cm³/mol. The van der Waals surface area contributed by atoms with E-state index in [4.69, 9.17) is 11.5 Å². The lowest BCUT2D eigenvalue weighted by Gasteiger charge is -2.08. The Hall–Kier alpha value is -2.57. The standard InChI is InChI=1S/C11H14N6O/c1-17-6-15-16-10(17)5-14-7-2-3-9(12)8(4-7)11(13)18/h2-4,6,14H,5,12H2,1H3,(H2,13,18). The first-order valence-electron chi connectivity index (χ1n) is 5.34. The van der Waals surface area contributed by atoms with Crippen molar-refractivity contribution in [1.82, 2.24) is 14.8 Å². The number of benzene rings is 1. The highest BCUT2D eigenvalue weighted by Crippen LogP contribution is 2.17. The number of nitrogens with one attached hydrogen (secondary N) is 1. The lowest BCUT2D eigenvalue weighted by molar-refractivity contribution is 0.100. The Bertz CT molecular complexity index is 577. The molecule has 0 aliphatic carbocycles. The van der Waals surface area contributed by atoms with Crippen molar-refractivity contribution in [3.05, 3.63) is 35.9 Å². The number of anilines is 2. The number of nitrogens with two attached hydrogens (primary N) is 2. The van der Waals surface area contributed by atoms with Crippen molar-refractivity contribution in [2.75, 3.05) is 11.1 Å². The van der Waals surface area contributed by atoms with Crippen molar-refractivity contribution >= 4 is 17.3 Å². The number of amides is 1. The number of rotatable bonds is 4. The second-order valence-electron chi connectivity index (χ2n) is 3.88. The summed E-state index contributed by atoms with van der Waals surface area (Å²) in [5, 5.41) is 10.8. The maximum Gasteiger partial charge on any atom is 0.250 e. The molecular weight excluding hydrogens is 232 g/mol. The van der Waals surface area contributed by atoms with E-state index in [0.717, 1.165) is 11.5 Å². The molecule has 0 bridgehead atoms. The molecular formula is C11H14N6O. The number of hydrogen-bond donors (Lipinski definition) is 3. The van der Waals surface area contributed by atoms with Crippen molar-refractivity contribution in [1.29, 1.82) is 0 Å². The van der Waals surface area contributed by atoms with Gasteiger partial charge in [0.1, 0.15) is 6.33 Å². The van der Waals surface area contributed by atoms with Crippen molar-refractivity contribution < 1.29 is 4.79 Å². The number of primary amides is 1. The molecule has 0 radical (unpaired) electrons. The number of carbonyl (C=O) groups excluding carboxylic acids is 1. The second kappa shape index (κ2) is 4.74. The zero-order valence-electron chi connectivity index (χ0n) is 9.92. The summed E-state index contributed by atoms with van der Waals surface area (Å²) >= 11 is 0. The first kappa shape index (κ1) is 11.9. The van der Waals surface area contributed by atoms with Crippen LogP contribution in [0.25, 0.3) is 0 Å². The molecule has 5 N–H and O–H groups in total. The van der Waals surface area contributed by atoms with E-state index in [1.807, 2.05) is 7.05 Å². The first-order chi connectivity index (χ1) is 8.58. The van der Waals surface area contributed by atoms with E-state index in [9.17, 15) is 4.79 Å². The Labute approximate surface area is 104 Å². The van der Waals surface area contributed by atoms with Gasteiger partial charge < -0.3 is 21.4 Å². The van der Waals surface area contributed by atoms with Crippen LogP contribution in [0, 0.1) is 0 Å². The fourth-order valence-corrected chi connectivity index (χ4v) is 1.53. The smallest absolute Gasteiger partial charge is 0.250 e. The number of nitrogen functional groups attached to an aromatic ring is 1. The van der Waals surface area contributed by atoms with Crippen LogP contribution in [0.15, 0.2) is 24.5 Å². The molecule has 0 spiro atoms. The summed E-state index contributed by atoms with van der Waals surface area (Å²) in [6.45, 7) is 0.499. The van der Waals surface area contributed by atoms with E-state index in [1.54, 1.807) is 29.1 Å². The van der Waals surface area contributed by atoms with Crippen molar-refractivity contribution in [3.63, 3.8) is 0 Å². The molecule has 7 nitrogen and oxygen atoms in total. The van der Waals surface area contributed by atoms with Gasteiger partial charge in [0.05, 0.1) is 12.1 Å². The molecule has 0 saturated heterocycles. The van der Waals surface area contributed by atoms with Gasteiger partial charge in [-0.15, -0.1) is 10.2 Å². The van der Waals surface area contributed by atoms with Crippen LogP contribution >= 0.6 is 0 Å². The average Bonchev–Trinajstić information content (AvgIpc) is 2.73. The second-order valence-corrected chi connectivity index (χ2v) is 3.88. The van der Waals surface area contributed by atoms with E-state index >= 15 is 0 Å². The van der Waals surface area contributed by atoms with Crippen LogP contribution in [0.4, 0.5) is 11.4 Å². The van der Waals surface area contributed by atoms with Gasteiger partial charge in [-0.2, -0.15) is 0 Å². The Morgan fingerprint density at radius 2 is 2.28 bits per heavy atom. The fraction of sp³-hybridized carbons (Fsp3) is 0.182. The Balaban J connectivity index is 2.13. The molecule has 18 heavy (non-hydrogen) atoms. The number of nitrogens with zero attached hydrogens (tertiary/aromatic N) is 3. The summed E-state index contributed by atoms with van der Waals surface area (Å²) < 4.78 is 1.80. The Morgan fingerprint density at radius 3 is 2.89 bits per heavy atom. The minimum absolute atomic E-state index is 0.304. The summed E-state index contributed by atoms with van der Waals surface area (Å²) in [6.07, 6.45) is 1.62. The third kappa shape index (κ3) is 2.40. The summed E-state index contributed by atoms with van der Waals surface area (Å²) in [6, 6.07) is 5.03. The van der Waals surface area contributed by atoms with E-state index < -0.39 is 5.91 Å². The minimum atomic E-state index is -0.546. The van der Waals surface area contributed by atoms with Crippen LogP contribution in [0.1, 0.15) is 16.2 Å². The molecule has 1 aromatic carbocycles. The number of aryl methyl sites for hydroxylation is 1. The van der Waals surface area contributed by atoms with Crippen LogP contribution in [-0.2, 0) is 13.6 Å². The molecule has 2 aromatic rings. The molecule has 0 saturated carbocycles. The molecule has 1 heterocycles. The molecule has 0 atom stereocenters. The Kier molecular flexibility index (Phi) is 3.13. The lowest BCUT2D eigenvalue weighted by atomic mass is 10.1. The van der Waals surface area contributed by atoms with Crippen molar-refractivity contribution in [2.24, 2.45) is 12.8 Å². The van der Waals surface area contributed by atoms with Gasteiger partial charge in [0.2, 0.25) is 0 Å². The highest BCUT2D eigenvalue weighted by molar-refractivity contribution is 5.98. The maximum absolute atomic E-state index is 11.1. The molecule has 0 aliphatic heterocycles. The minimum Gasteiger partial charge on any atom is -0.398 e. The van der Waals surface area contributed by atoms with E-state index in [-0.39, 0.29) is 0 Å². The average molecular weight is 246 g/mol. The van der Waals surface area contributed by atoms with Gasteiger partial charge in [0, 0.05) is 18.4 Å². The first-order valence-corrected chi connectivity index (χ1v) is 5.34. The van der Waals surface area contributed by atoms with Gasteiger partial charge in [0.15, 0.2) is 5.82 Å². The maximum atomic E-state index is 11.1. The highest BCUT2D eigenvalue weighted by atomic mass is 16.1.